The zero-order valence-electron chi connectivity index (χ0n) is 12.9. The average Bonchev–Trinajstić information content (AvgIpc) is 2.88. The minimum Gasteiger partial charge on any atom is -0.481 e. The molecule has 1 rings (SSSR count). The Kier molecular flexibility index (Phi) is 5.95. The highest BCUT2D eigenvalue weighted by atomic mass is 16.5. The zero-order valence-corrected chi connectivity index (χ0v) is 12.9. The van der Waals surface area contributed by atoms with E-state index in [4.69, 9.17) is 4.74 Å². The second-order valence-corrected chi connectivity index (χ2v) is 5.26. The van der Waals surface area contributed by atoms with E-state index in [2.05, 4.69) is 0 Å². The fourth-order valence-electron chi connectivity index (χ4n) is 2.23. The lowest BCUT2D eigenvalue weighted by Gasteiger charge is -2.33. The van der Waals surface area contributed by atoms with E-state index in [0.717, 1.165) is 0 Å². The Morgan fingerprint density at radius 2 is 1.81 bits per heavy atom. The molecule has 1 N–H and O–H groups in total. The third-order valence-corrected chi connectivity index (χ3v) is 3.55. The first-order valence-electron chi connectivity index (χ1n) is 6.82. The monoisotopic (exact) mass is 301 g/mol. The van der Waals surface area contributed by atoms with Gasteiger partial charge in [-0.3, -0.25) is 9.59 Å². The number of carbonyl (C=O) groups excluding carboxylic acids is 2. The third kappa shape index (κ3) is 4.07. The van der Waals surface area contributed by atoms with Crippen LogP contribution in [0.25, 0.3) is 0 Å². The standard InChI is InChI=1S/C13H23N3O5/c1-5-16(10-8-21-7-9(10)12(18)19)13(20)15(4)6-11(17)14(2)3/h9-10H,5-8H2,1-4H3,(H,18,19). The predicted molar refractivity (Wildman–Crippen MR) is 74.8 cm³/mol. The topological polar surface area (TPSA) is 90.4 Å². The summed E-state index contributed by atoms with van der Waals surface area (Å²) in [6.07, 6.45) is 0. The number of rotatable bonds is 5. The fraction of sp³-hybridized carbons (Fsp3) is 0.769. The van der Waals surface area contributed by atoms with Crippen molar-refractivity contribution < 1.29 is 24.2 Å². The highest BCUT2D eigenvalue weighted by molar-refractivity contribution is 5.84. The Balaban J connectivity index is 2.77. The maximum Gasteiger partial charge on any atom is 0.320 e. The summed E-state index contributed by atoms with van der Waals surface area (Å²) in [5.74, 6) is -1.90. The van der Waals surface area contributed by atoms with Crippen molar-refractivity contribution in [1.29, 1.82) is 0 Å². The largest absolute Gasteiger partial charge is 0.481 e. The highest BCUT2D eigenvalue weighted by Crippen LogP contribution is 2.21. The molecule has 8 heteroatoms. The van der Waals surface area contributed by atoms with Gasteiger partial charge in [0.1, 0.15) is 12.5 Å². The number of aliphatic carboxylic acids is 1. The Morgan fingerprint density at radius 3 is 2.29 bits per heavy atom. The first-order valence-corrected chi connectivity index (χ1v) is 6.82. The lowest BCUT2D eigenvalue weighted by atomic mass is 10.0. The number of amides is 3. The Hall–Kier alpha value is -1.83. The van der Waals surface area contributed by atoms with E-state index in [-0.39, 0.29) is 31.7 Å². The maximum absolute atomic E-state index is 12.4. The molecule has 1 aliphatic rings. The van der Waals surface area contributed by atoms with Crippen molar-refractivity contribution in [3.8, 4) is 0 Å². The van der Waals surface area contributed by atoms with Gasteiger partial charge in [-0.1, -0.05) is 0 Å². The van der Waals surface area contributed by atoms with E-state index < -0.39 is 17.9 Å². The Labute approximate surface area is 124 Å². The minimum atomic E-state index is -0.976. The number of carboxylic acids is 1. The summed E-state index contributed by atoms with van der Waals surface area (Å²) in [6.45, 7) is 2.39. The molecule has 0 spiro atoms. The summed E-state index contributed by atoms with van der Waals surface area (Å²) in [4.78, 5) is 39.4. The van der Waals surface area contributed by atoms with Crippen LogP contribution in [-0.4, -0.2) is 91.2 Å². The second kappa shape index (κ2) is 7.26. The van der Waals surface area contributed by atoms with Crippen molar-refractivity contribution in [3.63, 3.8) is 0 Å². The van der Waals surface area contributed by atoms with E-state index in [1.165, 1.54) is 21.7 Å². The number of carboxylic acid groups (broad SMARTS) is 1. The van der Waals surface area contributed by atoms with Gasteiger partial charge in [-0.2, -0.15) is 0 Å². The van der Waals surface area contributed by atoms with Crippen LogP contribution in [0.15, 0.2) is 0 Å². The van der Waals surface area contributed by atoms with Gasteiger partial charge in [0.05, 0.1) is 19.3 Å². The summed E-state index contributed by atoms with van der Waals surface area (Å²) in [7, 11) is 4.75. The number of hydrogen-bond donors (Lipinski definition) is 1. The van der Waals surface area contributed by atoms with Gasteiger partial charge in [0.2, 0.25) is 5.91 Å². The normalized spacial score (nSPS) is 21.0. The van der Waals surface area contributed by atoms with Crippen molar-refractivity contribution in [3.05, 3.63) is 0 Å². The molecular weight excluding hydrogens is 278 g/mol. The highest BCUT2D eigenvalue weighted by Gasteiger charge is 2.40. The van der Waals surface area contributed by atoms with Gasteiger partial charge in [0, 0.05) is 27.7 Å². The summed E-state index contributed by atoms with van der Waals surface area (Å²) >= 11 is 0. The van der Waals surface area contributed by atoms with Crippen molar-refractivity contribution in [1.82, 2.24) is 14.7 Å². The molecule has 1 aliphatic heterocycles. The van der Waals surface area contributed by atoms with E-state index in [0.29, 0.717) is 6.54 Å². The SMILES string of the molecule is CCN(C(=O)N(C)CC(=O)N(C)C)C1COCC1C(=O)O. The van der Waals surface area contributed by atoms with E-state index in [1.807, 2.05) is 0 Å². The van der Waals surface area contributed by atoms with Gasteiger partial charge in [-0.05, 0) is 6.92 Å². The van der Waals surface area contributed by atoms with Crippen LogP contribution < -0.4 is 0 Å². The van der Waals surface area contributed by atoms with Crippen LogP contribution in [0.3, 0.4) is 0 Å². The molecule has 120 valence electrons. The molecule has 3 amide bonds. The number of hydrogen-bond acceptors (Lipinski definition) is 4. The van der Waals surface area contributed by atoms with Crippen LogP contribution in [0.5, 0.6) is 0 Å². The molecule has 1 fully saturated rings. The molecule has 8 nitrogen and oxygen atoms in total. The molecule has 1 heterocycles. The van der Waals surface area contributed by atoms with Gasteiger partial charge in [0.15, 0.2) is 0 Å². The maximum atomic E-state index is 12.4. The molecule has 0 aromatic carbocycles. The number of ether oxygens (including phenoxy) is 1. The molecule has 0 radical (unpaired) electrons. The average molecular weight is 301 g/mol. The number of likely N-dealkylation sites (N-methyl/N-ethyl adjacent to an activating group) is 3. The third-order valence-electron chi connectivity index (χ3n) is 3.55. The molecule has 21 heavy (non-hydrogen) atoms. The first kappa shape index (κ1) is 17.2. The van der Waals surface area contributed by atoms with E-state index in [9.17, 15) is 19.5 Å². The van der Waals surface area contributed by atoms with Crippen molar-refractivity contribution in [2.45, 2.75) is 13.0 Å². The van der Waals surface area contributed by atoms with Crippen LogP contribution in [0.1, 0.15) is 6.92 Å². The number of nitrogens with zero attached hydrogens (tertiary/aromatic N) is 3. The van der Waals surface area contributed by atoms with Crippen molar-refractivity contribution in [2.24, 2.45) is 5.92 Å². The van der Waals surface area contributed by atoms with Gasteiger partial charge in [-0.25, -0.2) is 4.79 Å². The lowest BCUT2D eigenvalue weighted by molar-refractivity contribution is -0.143. The van der Waals surface area contributed by atoms with Crippen LogP contribution in [-0.2, 0) is 14.3 Å². The minimum absolute atomic E-state index is 0.0480. The molecule has 1 saturated heterocycles. The summed E-state index contributed by atoms with van der Waals surface area (Å²) in [5.41, 5.74) is 0. The van der Waals surface area contributed by atoms with Gasteiger partial charge < -0.3 is 24.5 Å². The fourth-order valence-corrected chi connectivity index (χ4v) is 2.23. The lowest BCUT2D eigenvalue weighted by Crippen LogP contribution is -2.52. The smallest absolute Gasteiger partial charge is 0.320 e. The number of urea groups is 1. The molecule has 0 saturated carbocycles. The van der Waals surface area contributed by atoms with Crippen LogP contribution in [0, 0.1) is 5.92 Å². The summed E-state index contributed by atoms with van der Waals surface area (Å²) in [6, 6.07) is -0.869. The Morgan fingerprint density at radius 1 is 1.19 bits per heavy atom. The van der Waals surface area contributed by atoms with Crippen LogP contribution >= 0.6 is 0 Å². The van der Waals surface area contributed by atoms with Crippen LogP contribution in [0.4, 0.5) is 4.79 Å². The number of carbonyl (C=O) groups is 3. The molecular formula is C13H23N3O5. The predicted octanol–water partition coefficient (Wildman–Crippen LogP) is -0.452. The molecule has 2 unspecified atom stereocenters. The molecule has 0 aromatic rings. The quantitative estimate of drug-likeness (QED) is 0.742. The molecule has 0 bridgehead atoms. The van der Waals surface area contributed by atoms with Crippen LogP contribution in [0.2, 0.25) is 0 Å². The first-order chi connectivity index (χ1) is 9.79. The van der Waals surface area contributed by atoms with Gasteiger partial charge in [0.25, 0.3) is 0 Å². The Bertz CT molecular complexity index is 413. The second-order valence-electron chi connectivity index (χ2n) is 5.26. The van der Waals surface area contributed by atoms with Crippen molar-refractivity contribution >= 4 is 17.9 Å². The van der Waals surface area contributed by atoms with Crippen molar-refractivity contribution in [2.75, 3.05) is 47.4 Å². The van der Waals surface area contributed by atoms with E-state index >= 15 is 0 Å². The summed E-state index contributed by atoms with van der Waals surface area (Å²) in [5, 5.41) is 9.17. The zero-order chi connectivity index (χ0) is 16.2. The van der Waals surface area contributed by atoms with Gasteiger partial charge in [-0.15, -0.1) is 0 Å². The molecule has 0 aromatic heterocycles. The van der Waals surface area contributed by atoms with Gasteiger partial charge >= 0.3 is 12.0 Å². The van der Waals surface area contributed by atoms with E-state index in [1.54, 1.807) is 21.0 Å². The molecule has 0 aliphatic carbocycles. The molecule has 2 atom stereocenters. The summed E-state index contributed by atoms with van der Waals surface area (Å²) < 4.78 is 5.19.